The van der Waals surface area contributed by atoms with Crippen LogP contribution in [0.3, 0.4) is 0 Å². The average Bonchev–Trinajstić information content (AvgIpc) is 3.03. The fourth-order valence-corrected chi connectivity index (χ4v) is 2.68. The molecule has 2 aromatic rings. The first-order valence-corrected chi connectivity index (χ1v) is 7.72. The highest BCUT2D eigenvalue weighted by atomic mass is 127. The summed E-state index contributed by atoms with van der Waals surface area (Å²) < 4.78 is 16.2. The minimum atomic E-state index is 0. The molecular formula is C18H22IN3O3. The number of nitrogens with one attached hydrogen (secondary N) is 1. The number of hydrogen-bond donors (Lipinski definition) is 2. The molecule has 1 atom stereocenters. The number of nitrogens with two attached hydrogens (primary N) is 1. The van der Waals surface area contributed by atoms with Crippen molar-refractivity contribution in [2.75, 3.05) is 32.7 Å². The van der Waals surface area contributed by atoms with Gasteiger partial charge in [0.2, 0.25) is 0 Å². The van der Waals surface area contributed by atoms with Crippen LogP contribution in [-0.4, -0.2) is 33.3 Å². The van der Waals surface area contributed by atoms with Gasteiger partial charge in [0.15, 0.2) is 5.96 Å². The predicted octanol–water partition coefficient (Wildman–Crippen LogP) is 3.22. The lowest BCUT2D eigenvalue weighted by Crippen LogP contribution is -2.24. The summed E-state index contributed by atoms with van der Waals surface area (Å²) in [5.41, 5.74) is 7.90. The van der Waals surface area contributed by atoms with Gasteiger partial charge >= 0.3 is 0 Å². The van der Waals surface area contributed by atoms with Gasteiger partial charge in [-0.2, -0.15) is 0 Å². The zero-order valence-corrected chi connectivity index (χ0v) is 16.5. The van der Waals surface area contributed by atoms with Crippen LogP contribution in [0.2, 0.25) is 0 Å². The zero-order chi connectivity index (χ0) is 16.9. The lowest BCUT2D eigenvalue weighted by molar-refractivity contribution is 0.333. The molecule has 134 valence electrons. The van der Waals surface area contributed by atoms with Crippen molar-refractivity contribution in [3.05, 3.63) is 48.0 Å². The van der Waals surface area contributed by atoms with Crippen LogP contribution in [0, 0.1) is 0 Å². The Morgan fingerprint density at radius 3 is 2.80 bits per heavy atom. The number of hydrogen-bond acceptors (Lipinski definition) is 4. The Morgan fingerprint density at radius 2 is 2.04 bits per heavy atom. The molecule has 3 N–H and O–H groups in total. The number of nitrogens with zero attached hydrogens (tertiary/aromatic N) is 1. The van der Waals surface area contributed by atoms with Crippen LogP contribution in [-0.2, 0) is 0 Å². The number of para-hydroxylation sites is 1. The van der Waals surface area contributed by atoms with E-state index < -0.39 is 0 Å². The summed E-state index contributed by atoms with van der Waals surface area (Å²) in [6.45, 7) is 1.18. The number of rotatable bonds is 5. The lowest BCUT2D eigenvalue weighted by atomic mass is 10.0. The molecule has 1 aliphatic heterocycles. The Hall–Kier alpha value is -2.16. The van der Waals surface area contributed by atoms with Crippen molar-refractivity contribution in [3.8, 4) is 17.2 Å². The van der Waals surface area contributed by atoms with E-state index >= 15 is 0 Å². The summed E-state index contributed by atoms with van der Waals surface area (Å²) in [7, 11) is 3.22. The minimum Gasteiger partial charge on any atom is -0.497 e. The summed E-state index contributed by atoms with van der Waals surface area (Å²) in [5, 5.41) is 3.07. The first-order chi connectivity index (χ1) is 11.7. The summed E-state index contributed by atoms with van der Waals surface area (Å²) in [6.07, 6.45) is 0. The maximum atomic E-state index is 6.02. The van der Waals surface area contributed by atoms with Crippen LogP contribution in [0.4, 0.5) is 5.69 Å². The van der Waals surface area contributed by atoms with Crippen LogP contribution in [0.1, 0.15) is 11.5 Å². The van der Waals surface area contributed by atoms with E-state index in [1.807, 2.05) is 36.4 Å². The van der Waals surface area contributed by atoms with Gasteiger partial charge in [-0.05, 0) is 18.2 Å². The maximum absolute atomic E-state index is 6.02. The third-order valence-electron chi connectivity index (χ3n) is 3.95. The molecule has 6 nitrogen and oxygen atoms in total. The van der Waals surface area contributed by atoms with E-state index in [4.69, 9.17) is 19.9 Å². The highest BCUT2D eigenvalue weighted by Gasteiger charge is 2.23. The van der Waals surface area contributed by atoms with E-state index in [2.05, 4.69) is 16.4 Å². The first-order valence-electron chi connectivity index (χ1n) is 7.72. The third-order valence-corrected chi connectivity index (χ3v) is 3.95. The van der Waals surface area contributed by atoms with Crippen molar-refractivity contribution in [3.63, 3.8) is 0 Å². The van der Waals surface area contributed by atoms with Gasteiger partial charge in [0.05, 0.1) is 33.1 Å². The van der Waals surface area contributed by atoms with E-state index in [1.54, 1.807) is 14.2 Å². The molecule has 0 spiro atoms. The van der Waals surface area contributed by atoms with Crippen molar-refractivity contribution in [1.29, 1.82) is 0 Å². The Bertz CT molecular complexity index is 752. The van der Waals surface area contributed by atoms with Crippen LogP contribution in [0.25, 0.3) is 0 Å². The molecule has 25 heavy (non-hydrogen) atoms. The molecule has 1 unspecified atom stereocenters. The molecule has 1 aliphatic rings. The molecule has 0 radical (unpaired) electrons. The number of ether oxygens (including phenoxy) is 3. The van der Waals surface area contributed by atoms with Gasteiger partial charge in [-0.3, -0.25) is 4.99 Å². The van der Waals surface area contributed by atoms with Gasteiger partial charge < -0.3 is 25.3 Å². The van der Waals surface area contributed by atoms with Crippen molar-refractivity contribution in [2.45, 2.75) is 5.92 Å². The van der Waals surface area contributed by atoms with Crippen LogP contribution < -0.4 is 25.3 Å². The molecule has 7 heteroatoms. The number of fused-ring (bicyclic) bond motifs is 1. The van der Waals surface area contributed by atoms with Crippen LogP contribution in [0.15, 0.2) is 47.5 Å². The second-order valence-corrected chi connectivity index (χ2v) is 5.46. The Kier molecular flexibility index (Phi) is 6.74. The molecular weight excluding hydrogens is 433 g/mol. The van der Waals surface area contributed by atoms with Gasteiger partial charge in [0.1, 0.15) is 17.2 Å². The molecule has 0 bridgehead atoms. The number of halogens is 1. The predicted molar refractivity (Wildman–Crippen MR) is 110 cm³/mol. The van der Waals surface area contributed by atoms with E-state index in [0.29, 0.717) is 36.3 Å². The van der Waals surface area contributed by atoms with Crippen LogP contribution in [0.5, 0.6) is 17.2 Å². The molecule has 0 aliphatic carbocycles. The van der Waals surface area contributed by atoms with Crippen molar-refractivity contribution in [2.24, 2.45) is 10.7 Å². The smallest absolute Gasteiger partial charge is 0.193 e. The van der Waals surface area contributed by atoms with Gasteiger partial charge in [0.25, 0.3) is 0 Å². The standard InChI is InChI=1S/C18H21N3O3.HI/c1-22-13-7-8-17(23-2)15(9-13)21-18(19)20-10-12-11-24-16-6-4-3-5-14(12)16;/h3-9,12H,10-11H2,1-2H3,(H3,19,20,21);1H. The highest BCUT2D eigenvalue weighted by molar-refractivity contribution is 14.0. The summed E-state index contributed by atoms with van der Waals surface area (Å²) in [4.78, 5) is 4.44. The van der Waals surface area contributed by atoms with Crippen molar-refractivity contribution < 1.29 is 14.2 Å². The summed E-state index contributed by atoms with van der Waals surface area (Å²) in [6, 6.07) is 13.5. The Morgan fingerprint density at radius 1 is 1.24 bits per heavy atom. The maximum Gasteiger partial charge on any atom is 0.193 e. The SMILES string of the molecule is COc1ccc(OC)c(NC(N)=NCC2COc3ccccc32)c1.I. The first kappa shape index (κ1) is 19.2. The van der Waals surface area contributed by atoms with E-state index in [1.165, 1.54) is 5.56 Å². The van der Waals surface area contributed by atoms with E-state index in [9.17, 15) is 0 Å². The van der Waals surface area contributed by atoms with Gasteiger partial charge in [-0.1, -0.05) is 18.2 Å². The Labute approximate surface area is 164 Å². The minimum absolute atomic E-state index is 0. The summed E-state index contributed by atoms with van der Waals surface area (Å²) >= 11 is 0. The number of anilines is 1. The van der Waals surface area contributed by atoms with Crippen molar-refractivity contribution in [1.82, 2.24) is 0 Å². The zero-order valence-electron chi connectivity index (χ0n) is 14.2. The topological polar surface area (TPSA) is 78.1 Å². The van der Waals surface area contributed by atoms with Crippen LogP contribution >= 0.6 is 24.0 Å². The van der Waals surface area contributed by atoms with Gasteiger partial charge in [0, 0.05) is 17.5 Å². The van der Waals surface area contributed by atoms with Crippen molar-refractivity contribution >= 4 is 35.6 Å². The molecule has 0 fully saturated rings. The van der Waals surface area contributed by atoms with Gasteiger partial charge in [-0.15, -0.1) is 24.0 Å². The monoisotopic (exact) mass is 455 g/mol. The number of methoxy groups -OCH3 is 2. The molecule has 2 aromatic carbocycles. The summed E-state index contributed by atoms with van der Waals surface area (Å²) in [5.74, 6) is 2.85. The molecule has 0 amide bonds. The number of guanidine groups is 1. The van der Waals surface area contributed by atoms with E-state index in [0.717, 1.165) is 5.75 Å². The molecule has 3 rings (SSSR count). The second-order valence-electron chi connectivity index (χ2n) is 5.46. The second kappa shape index (κ2) is 8.80. The lowest BCUT2D eigenvalue weighted by Gasteiger charge is -2.12. The fraction of sp³-hybridized carbons (Fsp3) is 0.278. The quantitative estimate of drug-likeness (QED) is 0.412. The molecule has 0 saturated carbocycles. The van der Waals surface area contributed by atoms with Gasteiger partial charge in [-0.25, -0.2) is 0 Å². The average molecular weight is 455 g/mol. The Balaban J connectivity index is 0.00000225. The molecule has 0 saturated heterocycles. The molecule has 0 aromatic heterocycles. The normalized spacial score (nSPS) is 15.6. The largest absolute Gasteiger partial charge is 0.497 e. The highest BCUT2D eigenvalue weighted by Crippen LogP contribution is 2.33. The molecule has 1 heterocycles. The number of benzene rings is 2. The number of aliphatic imine (C=N–C) groups is 1. The fourth-order valence-electron chi connectivity index (χ4n) is 2.68. The third kappa shape index (κ3) is 4.47. The van der Waals surface area contributed by atoms with E-state index in [-0.39, 0.29) is 29.9 Å².